The van der Waals surface area contributed by atoms with Gasteiger partial charge in [0.05, 0.1) is 0 Å². The van der Waals surface area contributed by atoms with Crippen LogP contribution in [0.15, 0.2) is 18.3 Å². The van der Waals surface area contributed by atoms with Gasteiger partial charge >= 0.3 is 0 Å². The first-order valence-corrected chi connectivity index (χ1v) is 6.76. The molecule has 0 amide bonds. The predicted octanol–water partition coefficient (Wildman–Crippen LogP) is 2.70. The van der Waals surface area contributed by atoms with E-state index in [0.29, 0.717) is 12.6 Å². The molecule has 1 atom stereocenters. The molecule has 17 heavy (non-hydrogen) atoms. The van der Waals surface area contributed by atoms with Crippen molar-refractivity contribution in [1.29, 1.82) is 0 Å². The molecular formula is C14H23N3. The molecule has 2 N–H and O–H groups in total. The van der Waals surface area contributed by atoms with E-state index in [9.17, 15) is 0 Å². The molecule has 2 heterocycles. The topological polar surface area (TPSA) is 42.1 Å². The second-order valence-corrected chi connectivity index (χ2v) is 4.83. The second kappa shape index (κ2) is 6.01. The largest absolute Gasteiger partial charge is 0.354 e. The number of hydrogen-bond acceptors (Lipinski definition) is 3. The fourth-order valence-electron chi connectivity index (χ4n) is 2.61. The Morgan fingerprint density at radius 3 is 2.88 bits per heavy atom. The summed E-state index contributed by atoms with van der Waals surface area (Å²) in [5.41, 5.74) is 6.71. The Bertz CT molecular complexity index is 334. The lowest BCUT2D eigenvalue weighted by atomic mass is 10.1. The monoisotopic (exact) mass is 233 g/mol. The fourth-order valence-corrected chi connectivity index (χ4v) is 2.61. The van der Waals surface area contributed by atoms with E-state index in [1.54, 1.807) is 0 Å². The van der Waals surface area contributed by atoms with E-state index in [-0.39, 0.29) is 0 Å². The Labute approximate surface area is 104 Å². The molecule has 0 spiro atoms. The van der Waals surface area contributed by atoms with Crippen LogP contribution in [0.4, 0.5) is 5.82 Å². The first kappa shape index (κ1) is 12.4. The maximum absolute atomic E-state index is 5.60. The highest BCUT2D eigenvalue weighted by atomic mass is 15.2. The first-order valence-electron chi connectivity index (χ1n) is 6.76. The number of aromatic nitrogens is 1. The molecule has 0 saturated carbocycles. The molecule has 1 aromatic rings. The van der Waals surface area contributed by atoms with E-state index in [4.69, 9.17) is 5.73 Å². The summed E-state index contributed by atoms with van der Waals surface area (Å²) in [6.07, 6.45) is 8.42. The molecule has 3 nitrogen and oxygen atoms in total. The van der Waals surface area contributed by atoms with Crippen molar-refractivity contribution in [2.75, 3.05) is 11.4 Å². The van der Waals surface area contributed by atoms with Gasteiger partial charge in [-0.05, 0) is 30.9 Å². The van der Waals surface area contributed by atoms with Crippen LogP contribution in [0, 0.1) is 0 Å². The van der Waals surface area contributed by atoms with Gasteiger partial charge in [-0.15, -0.1) is 0 Å². The highest BCUT2D eigenvalue weighted by Gasteiger charge is 2.20. The summed E-state index contributed by atoms with van der Waals surface area (Å²) in [6.45, 7) is 4.00. The Morgan fingerprint density at radius 1 is 1.35 bits per heavy atom. The first-order chi connectivity index (χ1) is 8.35. The molecule has 1 saturated heterocycles. The zero-order valence-corrected chi connectivity index (χ0v) is 10.7. The second-order valence-electron chi connectivity index (χ2n) is 4.83. The average molecular weight is 233 g/mol. The van der Waals surface area contributed by atoms with Gasteiger partial charge in [0.25, 0.3) is 0 Å². The minimum absolute atomic E-state index is 0.574. The van der Waals surface area contributed by atoms with Gasteiger partial charge in [0.15, 0.2) is 0 Å². The van der Waals surface area contributed by atoms with Gasteiger partial charge in [-0.1, -0.05) is 25.8 Å². The minimum atomic E-state index is 0.574. The summed E-state index contributed by atoms with van der Waals surface area (Å²) in [5, 5.41) is 0. The van der Waals surface area contributed by atoms with Crippen molar-refractivity contribution in [2.24, 2.45) is 5.73 Å². The lowest BCUT2D eigenvalue weighted by Gasteiger charge is -2.30. The van der Waals surface area contributed by atoms with Crippen LogP contribution in [-0.4, -0.2) is 17.6 Å². The third-order valence-electron chi connectivity index (χ3n) is 3.69. The Hall–Kier alpha value is -1.09. The van der Waals surface area contributed by atoms with E-state index in [2.05, 4.69) is 28.9 Å². The minimum Gasteiger partial charge on any atom is -0.354 e. The number of nitrogens with two attached hydrogens (primary N) is 1. The molecule has 1 aliphatic heterocycles. The van der Waals surface area contributed by atoms with Gasteiger partial charge in [0.2, 0.25) is 0 Å². The quantitative estimate of drug-likeness (QED) is 0.872. The number of anilines is 1. The van der Waals surface area contributed by atoms with Crippen LogP contribution in [0.3, 0.4) is 0 Å². The number of rotatable bonds is 3. The fraction of sp³-hybridized carbons (Fsp3) is 0.643. The van der Waals surface area contributed by atoms with Crippen LogP contribution in [-0.2, 0) is 6.54 Å². The maximum Gasteiger partial charge on any atom is 0.128 e. The van der Waals surface area contributed by atoms with Crippen molar-refractivity contribution in [2.45, 2.75) is 51.6 Å². The van der Waals surface area contributed by atoms with Crippen molar-refractivity contribution >= 4 is 5.82 Å². The summed E-state index contributed by atoms with van der Waals surface area (Å²) >= 11 is 0. The van der Waals surface area contributed by atoms with Crippen LogP contribution >= 0.6 is 0 Å². The number of pyridine rings is 1. The van der Waals surface area contributed by atoms with E-state index >= 15 is 0 Å². The van der Waals surface area contributed by atoms with E-state index in [1.165, 1.54) is 32.1 Å². The zero-order valence-electron chi connectivity index (χ0n) is 10.7. The highest BCUT2D eigenvalue weighted by molar-refractivity contribution is 5.40. The molecule has 1 fully saturated rings. The van der Waals surface area contributed by atoms with Crippen LogP contribution in [0.2, 0.25) is 0 Å². The van der Waals surface area contributed by atoms with Crippen LogP contribution < -0.4 is 10.6 Å². The molecule has 0 aliphatic carbocycles. The summed E-state index contributed by atoms with van der Waals surface area (Å²) in [6, 6.07) is 4.88. The lowest BCUT2D eigenvalue weighted by Crippen LogP contribution is -2.35. The van der Waals surface area contributed by atoms with Gasteiger partial charge in [0.1, 0.15) is 5.82 Å². The van der Waals surface area contributed by atoms with Gasteiger partial charge in [-0.2, -0.15) is 0 Å². The standard InChI is InChI=1S/C14H23N3/c1-2-13-6-4-3-5-9-17(13)14-8-7-12(10-15)11-16-14/h7-8,11,13H,2-6,9-10,15H2,1H3. The Balaban J connectivity index is 2.16. The van der Waals surface area contributed by atoms with Crippen LogP contribution in [0.25, 0.3) is 0 Å². The van der Waals surface area contributed by atoms with Gasteiger partial charge < -0.3 is 10.6 Å². The Kier molecular flexibility index (Phi) is 4.37. The van der Waals surface area contributed by atoms with E-state index in [0.717, 1.165) is 17.9 Å². The number of hydrogen-bond donors (Lipinski definition) is 1. The third kappa shape index (κ3) is 2.97. The molecule has 2 rings (SSSR count). The normalized spacial score (nSPS) is 21.3. The van der Waals surface area contributed by atoms with Gasteiger partial charge in [-0.25, -0.2) is 4.98 Å². The van der Waals surface area contributed by atoms with Crippen LogP contribution in [0.1, 0.15) is 44.6 Å². The molecule has 3 heteroatoms. The highest BCUT2D eigenvalue weighted by Crippen LogP contribution is 2.24. The average Bonchev–Trinajstić information content (AvgIpc) is 2.64. The van der Waals surface area contributed by atoms with Crippen molar-refractivity contribution in [3.63, 3.8) is 0 Å². The van der Waals surface area contributed by atoms with Crippen molar-refractivity contribution < 1.29 is 0 Å². The molecule has 1 aromatic heterocycles. The third-order valence-corrected chi connectivity index (χ3v) is 3.69. The maximum atomic E-state index is 5.60. The Morgan fingerprint density at radius 2 is 2.24 bits per heavy atom. The zero-order chi connectivity index (χ0) is 12.1. The predicted molar refractivity (Wildman–Crippen MR) is 72.0 cm³/mol. The van der Waals surface area contributed by atoms with Gasteiger partial charge in [-0.3, -0.25) is 0 Å². The van der Waals surface area contributed by atoms with E-state index in [1.807, 2.05) is 6.20 Å². The van der Waals surface area contributed by atoms with Crippen molar-refractivity contribution in [3.8, 4) is 0 Å². The summed E-state index contributed by atoms with van der Waals surface area (Å²) in [5.74, 6) is 1.12. The van der Waals surface area contributed by atoms with Crippen molar-refractivity contribution in [3.05, 3.63) is 23.9 Å². The number of nitrogens with zero attached hydrogens (tertiary/aromatic N) is 2. The van der Waals surface area contributed by atoms with Gasteiger partial charge in [0, 0.05) is 25.3 Å². The molecule has 0 radical (unpaired) electrons. The van der Waals surface area contributed by atoms with Crippen LogP contribution in [0.5, 0.6) is 0 Å². The smallest absolute Gasteiger partial charge is 0.128 e. The summed E-state index contributed by atoms with van der Waals surface area (Å²) < 4.78 is 0. The lowest BCUT2D eigenvalue weighted by molar-refractivity contribution is 0.552. The van der Waals surface area contributed by atoms with E-state index < -0.39 is 0 Å². The molecule has 0 aromatic carbocycles. The molecule has 0 bridgehead atoms. The summed E-state index contributed by atoms with van der Waals surface area (Å²) in [7, 11) is 0. The molecule has 94 valence electrons. The SMILES string of the molecule is CCC1CCCCCN1c1ccc(CN)cn1. The molecular weight excluding hydrogens is 210 g/mol. The molecule has 1 aliphatic rings. The molecule has 1 unspecified atom stereocenters. The summed E-state index contributed by atoms with van der Waals surface area (Å²) in [4.78, 5) is 7.04. The van der Waals surface area contributed by atoms with Crippen molar-refractivity contribution in [1.82, 2.24) is 4.98 Å².